The second-order valence-corrected chi connectivity index (χ2v) is 6.86. The van der Waals surface area contributed by atoms with Gasteiger partial charge in [0.15, 0.2) is 0 Å². The molecule has 122 valence electrons. The largest absolute Gasteiger partial charge is 0.367 e. The minimum Gasteiger partial charge on any atom is -0.367 e. The van der Waals surface area contributed by atoms with Gasteiger partial charge in [-0.2, -0.15) is 11.8 Å². The first-order valence-electron chi connectivity index (χ1n) is 7.85. The molecule has 3 rings (SSSR count). The summed E-state index contributed by atoms with van der Waals surface area (Å²) in [5, 5.41) is 3.41. The van der Waals surface area contributed by atoms with Gasteiger partial charge in [0.2, 0.25) is 0 Å². The van der Waals surface area contributed by atoms with E-state index in [2.05, 4.69) is 10.3 Å². The topological polar surface area (TPSA) is 72.9 Å². The fourth-order valence-electron chi connectivity index (χ4n) is 2.96. The molecule has 5 nitrogen and oxygen atoms in total. The third-order valence-corrected chi connectivity index (χ3v) is 4.76. The summed E-state index contributed by atoms with van der Waals surface area (Å²) in [6.07, 6.45) is 8.81. The van der Waals surface area contributed by atoms with E-state index in [0.717, 1.165) is 42.1 Å². The van der Waals surface area contributed by atoms with Gasteiger partial charge in [-0.05, 0) is 43.2 Å². The molecule has 0 aromatic carbocycles. The minimum atomic E-state index is -0.0425. The van der Waals surface area contributed by atoms with E-state index in [0.29, 0.717) is 12.1 Å². The van der Waals surface area contributed by atoms with Gasteiger partial charge in [-0.1, -0.05) is 6.07 Å². The van der Waals surface area contributed by atoms with Gasteiger partial charge in [-0.25, -0.2) is 4.98 Å². The van der Waals surface area contributed by atoms with Crippen molar-refractivity contribution in [1.82, 2.24) is 9.55 Å². The Balaban J connectivity index is 1.76. The van der Waals surface area contributed by atoms with Crippen molar-refractivity contribution in [3.8, 4) is 5.69 Å². The summed E-state index contributed by atoms with van der Waals surface area (Å²) in [4.78, 5) is 16.5. The van der Waals surface area contributed by atoms with E-state index in [1.165, 1.54) is 0 Å². The molecule has 6 heteroatoms. The highest BCUT2D eigenvalue weighted by Crippen LogP contribution is 2.21. The zero-order valence-corrected chi connectivity index (χ0v) is 14.1. The Hall–Kier alpha value is -1.79. The highest BCUT2D eigenvalue weighted by Gasteiger charge is 2.21. The Bertz CT molecular complexity index is 713. The molecule has 1 aliphatic rings. The first-order valence-corrected chi connectivity index (χ1v) is 9.24. The molecule has 0 bridgehead atoms. The van der Waals surface area contributed by atoms with E-state index in [4.69, 9.17) is 5.73 Å². The number of anilines is 1. The molecule has 0 aliphatic heterocycles. The standard InChI is InChI=1S/C17H22N4OS/c1-23-11-12-2-7-17(22)21(10-12)15-5-6-16(19-9-15)20-14-4-3-13(18)8-14/h2,5-7,9-10,13-14H,3-4,8,11,18H2,1H3,(H,19,20)/t13-,14-/m0/s1. The van der Waals surface area contributed by atoms with Crippen LogP contribution in [0.1, 0.15) is 24.8 Å². The molecule has 1 saturated carbocycles. The second-order valence-electron chi connectivity index (χ2n) is 5.99. The third kappa shape index (κ3) is 3.95. The summed E-state index contributed by atoms with van der Waals surface area (Å²) >= 11 is 1.73. The summed E-state index contributed by atoms with van der Waals surface area (Å²) in [6.45, 7) is 0. The number of nitrogens with zero attached hydrogens (tertiary/aromatic N) is 2. The molecule has 2 heterocycles. The van der Waals surface area contributed by atoms with Crippen molar-refractivity contribution in [2.24, 2.45) is 5.73 Å². The lowest BCUT2D eigenvalue weighted by molar-refractivity contribution is 0.686. The van der Waals surface area contributed by atoms with Crippen LogP contribution in [0, 0.1) is 0 Å². The zero-order chi connectivity index (χ0) is 16.2. The Morgan fingerprint density at radius 1 is 1.35 bits per heavy atom. The molecular weight excluding hydrogens is 308 g/mol. The molecule has 2 aromatic rings. The quantitative estimate of drug-likeness (QED) is 0.880. The van der Waals surface area contributed by atoms with Crippen molar-refractivity contribution in [1.29, 1.82) is 0 Å². The Morgan fingerprint density at radius 2 is 2.22 bits per heavy atom. The molecule has 0 amide bonds. The predicted octanol–water partition coefficient (Wildman–Crippen LogP) is 2.39. The van der Waals surface area contributed by atoms with E-state index in [1.807, 2.05) is 30.7 Å². The monoisotopic (exact) mass is 330 g/mol. The van der Waals surface area contributed by atoms with E-state index in [1.54, 1.807) is 28.6 Å². The summed E-state index contributed by atoms with van der Waals surface area (Å²) < 4.78 is 1.65. The van der Waals surface area contributed by atoms with Gasteiger partial charge in [-0.15, -0.1) is 0 Å². The molecule has 3 N–H and O–H groups in total. The number of hydrogen-bond donors (Lipinski definition) is 2. The highest BCUT2D eigenvalue weighted by molar-refractivity contribution is 7.97. The smallest absolute Gasteiger partial charge is 0.255 e. The van der Waals surface area contributed by atoms with Crippen molar-refractivity contribution >= 4 is 17.6 Å². The molecule has 2 aromatic heterocycles. The summed E-state index contributed by atoms with van der Waals surface area (Å²) in [6, 6.07) is 8.03. The van der Waals surface area contributed by atoms with Gasteiger partial charge in [0.25, 0.3) is 5.56 Å². The van der Waals surface area contributed by atoms with Crippen LogP contribution in [0.5, 0.6) is 0 Å². The van der Waals surface area contributed by atoms with Crippen molar-refractivity contribution in [2.75, 3.05) is 11.6 Å². The van der Waals surface area contributed by atoms with Gasteiger partial charge in [0.05, 0.1) is 11.9 Å². The van der Waals surface area contributed by atoms with E-state index < -0.39 is 0 Å². The number of nitrogens with two attached hydrogens (primary N) is 1. The van der Waals surface area contributed by atoms with Gasteiger partial charge in [0, 0.05) is 30.1 Å². The highest BCUT2D eigenvalue weighted by atomic mass is 32.2. The van der Waals surface area contributed by atoms with E-state index in [-0.39, 0.29) is 5.56 Å². The Morgan fingerprint density at radius 3 is 2.87 bits per heavy atom. The lowest BCUT2D eigenvalue weighted by atomic mass is 10.2. The third-order valence-electron chi connectivity index (χ3n) is 4.13. The van der Waals surface area contributed by atoms with Crippen molar-refractivity contribution in [2.45, 2.75) is 37.1 Å². The van der Waals surface area contributed by atoms with Crippen molar-refractivity contribution < 1.29 is 0 Å². The Kier molecular flexibility index (Phi) is 5.03. The van der Waals surface area contributed by atoms with Crippen LogP contribution in [-0.2, 0) is 5.75 Å². The van der Waals surface area contributed by atoms with Crippen LogP contribution >= 0.6 is 11.8 Å². The van der Waals surface area contributed by atoms with Crippen LogP contribution in [-0.4, -0.2) is 27.9 Å². The van der Waals surface area contributed by atoms with Crippen molar-refractivity contribution in [3.63, 3.8) is 0 Å². The molecular formula is C17H22N4OS. The second kappa shape index (κ2) is 7.19. The number of pyridine rings is 2. The van der Waals surface area contributed by atoms with Crippen LogP contribution < -0.4 is 16.6 Å². The lowest BCUT2D eigenvalue weighted by Crippen LogP contribution is -2.21. The Labute approximate surface area is 140 Å². The van der Waals surface area contributed by atoms with Crippen LogP contribution in [0.25, 0.3) is 5.69 Å². The molecule has 1 aliphatic carbocycles. The maximum absolute atomic E-state index is 12.1. The maximum Gasteiger partial charge on any atom is 0.255 e. The average Bonchev–Trinajstić information content (AvgIpc) is 2.95. The molecule has 0 radical (unpaired) electrons. The first-order chi connectivity index (χ1) is 11.2. The lowest BCUT2D eigenvalue weighted by Gasteiger charge is -2.14. The molecule has 2 atom stereocenters. The van der Waals surface area contributed by atoms with Gasteiger partial charge >= 0.3 is 0 Å². The zero-order valence-electron chi connectivity index (χ0n) is 13.2. The number of aromatic nitrogens is 2. The number of hydrogen-bond acceptors (Lipinski definition) is 5. The SMILES string of the molecule is CSCc1ccc(=O)n(-c2ccc(N[C@H]3CC[C@H](N)C3)nc2)c1. The fraction of sp³-hybridized carbons (Fsp3) is 0.412. The molecule has 0 saturated heterocycles. The van der Waals surface area contributed by atoms with Crippen LogP contribution in [0.3, 0.4) is 0 Å². The summed E-state index contributed by atoms with van der Waals surface area (Å²) in [5.74, 6) is 1.72. The normalized spacial score (nSPS) is 20.6. The van der Waals surface area contributed by atoms with Gasteiger partial charge in [0.1, 0.15) is 5.82 Å². The van der Waals surface area contributed by atoms with E-state index >= 15 is 0 Å². The summed E-state index contributed by atoms with van der Waals surface area (Å²) in [7, 11) is 0. The summed E-state index contributed by atoms with van der Waals surface area (Å²) in [5.41, 5.74) is 7.80. The molecule has 1 fully saturated rings. The van der Waals surface area contributed by atoms with Crippen LogP contribution in [0.2, 0.25) is 0 Å². The van der Waals surface area contributed by atoms with Gasteiger partial charge in [-0.3, -0.25) is 9.36 Å². The minimum absolute atomic E-state index is 0.0425. The molecule has 0 spiro atoms. The fourth-order valence-corrected chi connectivity index (χ4v) is 3.46. The number of thioether (sulfide) groups is 1. The van der Waals surface area contributed by atoms with Crippen LogP contribution in [0.15, 0.2) is 41.5 Å². The maximum atomic E-state index is 12.1. The number of nitrogens with one attached hydrogen (secondary N) is 1. The van der Waals surface area contributed by atoms with Crippen LogP contribution in [0.4, 0.5) is 5.82 Å². The van der Waals surface area contributed by atoms with Gasteiger partial charge < -0.3 is 11.1 Å². The molecule has 23 heavy (non-hydrogen) atoms. The average molecular weight is 330 g/mol. The number of rotatable bonds is 5. The van der Waals surface area contributed by atoms with E-state index in [9.17, 15) is 4.79 Å². The molecule has 0 unspecified atom stereocenters. The first kappa shape index (κ1) is 16.1. The predicted molar refractivity (Wildman–Crippen MR) is 96.3 cm³/mol. The van der Waals surface area contributed by atoms with Crippen molar-refractivity contribution in [3.05, 3.63) is 52.6 Å².